The molecule has 1 spiro atoms. The number of aliphatic hydroxyl groups is 1. The van der Waals surface area contributed by atoms with Gasteiger partial charge in [0.25, 0.3) is 0 Å². The molecule has 0 aromatic carbocycles. The van der Waals surface area contributed by atoms with Crippen molar-refractivity contribution in [2.75, 3.05) is 0 Å². The first-order valence-corrected chi connectivity index (χ1v) is 5.08. The lowest BCUT2D eigenvalue weighted by molar-refractivity contribution is -0.133. The third-order valence-electron chi connectivity index (χ3n) is 5.11. The monoisotopic (exact) mass is 168 g/mol. The lowest BCUT2D eigenvalue weighted by Crippen LogP contribution is -2.53. The van der Waals surface area contributed by atoms with Gasteiger partial charge in [-0.3, -0.25) is 0 Å². The predicted octanol–water partition coefficient (Wildman–Crippen LogP) is 2.58. The zero-order chi connectivity index (χ0) is 9.20. The highest BCUT2D eigenvalue weighted by Crippen LogP contribution is 2.81. The Kier molecular flexibility index (Phi) is 1.35. The molecule has 2 saturated carbocycles. The quantitative estimate of drug-likeness (QED) is 0.638. The molecule has 1 unspecified atom stereocenters. The van der Waals surface area contributed by atoms with Gasteiger partial charge >= 0.3 is 0 Å². The van der Waals surface area contributed by atoms with Gasteiger partial charge in [-0.05, 0) is 29.1 Å². The summed E-state index contributed by atoms with van der Waals surface area (Å²) in [5, 5.41) is 9.68. The molecule has 0 radical (unpaired) electrons. The minimum absolute atomic E-state index is 0.0501. The lowest BCUT2D eigenvalue weighted by atomic mass is 9.54. The molecule has 70 valence electrons. The van der Waals surface area contributed by atoms with Crippen molar-refractivity contribution in [3.05, 3.63) is 0 Å². The summed E-state index contributed by atoms with van der Waals surface area (Å²) in [5.74, 6) is 0. The highest BCUT2D eigenvalue weighted by atomic mass is 16.3. The van der Waals surface area contributed by atoms with Crippen LogP contribution in [0, 0.1) is 16.2 Å². The highest BCUT2D eigenvalue weighted by Gasteiger charge is 2.77. The van der Waals surface area contributed by atoms with Gasteiger partial charge in [0, 0.05) is 0 Å². The molecule has 1 heteroatoms. The van der Waals surface area contributed by atoms with Gasteiger partial charge in [-0.2, -0.15) is 0 Å². The van der Waals surface area contributed by atoms with Crippen LogP contribution in [0.5, 0.6) is 0 Å². The van der Waals surface area contributed by atoms with Gasteiger partial charge in [0.15, 0.2) is 0 Å². The molecule has 2 aliphatic carbocycles. The Morgan fingerprint density at radius 2 is 1.92 bits per heavy atom. The van der Waals surface area contributed by atoms with Crippen LogP contribution in [0.1, 0.15) is 47.0 Å². The number of hydrogen-bond acceptors (Lipinski definition) is 1. The standard InChI is InChI=1S/C11H20O/c1-5-10(4)7-11(10)6-8(12)9(11,2)3/h8,12H,5-7H2,1-4H3/t8-,10?,11-/m0/s1. The van der Waals surface area contributed by atoms with E-state index in [1.807, 2.05) is 0 Å². The van der Waals surface area contributed by atoms with Crippen LogP contribution in [0.25, 0.3) is 0 Å². The van der Waals surface area contributed by atoms with Gasteiger partial charge in [-0.1, -0.05) is 34.1 Å². The Morgan fingerprint density at radius 1 is 1.33 bits per heavy atom. The summed E-state index contributed by atoms with van der Waals surface area (Å²) >= 11 is 0. The Morgan fingerprint density at radius 3 is 2.17 bits per heavy atom. The van der Waals surface area contributed by atoms with Gasteiger partial charge in [0.05, 0.1) is 6.10 Å². The van der Waals surface area contributed by atoms with Crippen molar-refractivity contribution < 1.29 is 5.11 Å². The summed E-state index contributed by atoms with van der Waals surface area (Å²) in [7, 11) is 0. The van der Waals surface area contributed by atoms with E-state index >= 15 is 0 Å². The summed E-state index contributed by atoms with van der Waals surface area (Å²) in [6.45, 7) is 9.10. The van der Waals surface area contributed by atoms with Gasteiger partial charge < -0.3 is 5.11 Å². The number of rotatable bonds is 1. The summed E-state index contributed by atoms with van der Waals surface area (Å²) in [6, 6.07) is 0. The third kappa shape index (κ3) is 0.618. The molecule has 2 rings (SSSR count). The van der Waals surface area contributed by atoms with Gasteiger partial charge in [-0.25, -0.2) is 0 Å². The Labute approximate surface area is 75.2 Å². The average molecular weight is 168 g/mol. The van der Waals surface area contributed by atoms with E-state index < -0.39 is 0 Å². The van der Waals surface area contributed by atoms with E-state index in [-0.39, 0.29) is 11.5 Å². The lowest BCUT2D eigenvalue weighted by Gasteiger charge is -2.53. The predicted molar refractivity (Wildman–Crippen MR) is 49.9 cm³/mol. The smallest absolute Gasteiger partial charge is 0.0602 e. The Hall–Kier alpha value is -0.0400. The molecule has 0 aromatic heterocycles. The molecule has 0 heterocycles. The highest BCUT2D eigenvalue weighted by molar-refractivity contribution is 5.25. The van der Waals surface area contributed by atoms with Crippen LogP contribution in [-0.2, 0) is 0 Å². The summed E-state index contributed by atoms with van der Waals surface area (Å²) in [5.41, 5.74) is 1.21. The zero-order valence-corrected chi connectivity index (χ0v) is 8.65. The molecule has 0 aromatic rings. The van der Waals surface area contributed by atoms with Crippen LogP contribution in [0.15, 0.2) is 0 Å². The fourth-order valence-electron chi connectivity index (χ4n) is 3.45. The van der Waals surface area contributed by atoms with Crippen LogP contribution >= 0.6 is 0 Å². The minimum Gasteiger partial charge on any atom is -0.393 e. The van der Waals surface area contributed by atoms with Crippen molar-refractivity contribution in [1.82, 2.24) is 0 Å². The normalized spacial score (nSPS) is 55.2. The molecule has 0 aliphatic heterocycles. The van der Waals surface area contributed by atoms with Gasteiger partial charge in [0.2, 0.25) is 0 Å². The van der Waals surface area contributed by atoms with Crippen molar-refractivity contribution in [3.8, 4) is 0 Å². The van der Waals surface area contributed by atoms with Crippen LogP contribution in [0.3, 0.4) is 0 Å². The van der Waals surface area contributed by atoms with Crippen molar-refractivity contribution in [2.24, 2.45) is 16.2 Å². The minimum atomic E-state index is -0.0501. The zero-order valence-electron chi connectivity index (χ0n) is 8.65. The van der Waals surface area contributed by atoms with E-state index in [2.05, 4.69) is 27.7 Å². The Bertz CT molecular complexity index is 217. The molecule has 2 aliphatic rings. The fourth-order valence-corrected chi connectivity index (χ4v) is 3.45. The van der Waals surface area contributed by atoms with Crippen LogP contribution < -0.4 is 0 Å². The van der Waals surface area contributed by atoms with Crippen molar-refractivity contribution in [1.29, 1.82) is 0 Å². The topological polar surface area (TPSA) is 20.2 Å². The molecule has 2 fully saturated rings. The van der Waals surface area contributed by atoms with Crippen LogP contribution in [0.4, 0.5) is 0 Å². The van der Waals surface area contributed by atoms with E-state index in [1.165, 1.54) is 12.8 Å². The van der Waals surface area contributed by atoms with Crippen LogP contribution in [0.2, 0.25) is 0 Å². The van der Waals surface area contributed by atoms with E-state index in [1.54, 1.807) is 0 Å². The average Bonchev–Trinajstić information content (AvgIpc) is 2.62. The molecule has 0 bridgehead atoms. The first-order chi connectivity index (χ1) is 5.40. The SMILES string of the molecule is CCC1(C)C[C@]12C[C@H](O)C2(C)C. The van der Waals surface area contributed by atoms with Gasteiger partial charge in [-0.15, -0.1) is 0 Å². The largest absolute Gasteiger partial charge is 0.393 e. The molecule has 0 saturated heterocycles. The second kappa shape index (κ2) is 1.89. The molecule has 3 atom stereocenters. The maximum Gasteiger partial charge on any atom is 0.0602 e. The van der Waals surface area contributed by atoms with Gasteiger partial charge in [0.1, 0.15) is 0 Å². The number of hydrogen-bond donors (Lipinski definition) is 1. The third-order valence-corrected chi connectivity index (χ3v) is 5.11. The second-order valence-electron chi connectivity index (χ2n) is 5.61. The fraction of sp³-hybridized carbons (Fsp3) is 1.00. The van der Waals surface area contributed by atoms with Crippen molar-refractivity contribution >= 4 is 0 Å². The molecule has 1 N–H and O–H groups in total. The van der Waals surface area contributed by atoms with E-state index in [4.69, 9.17) is 0 Å². The number of aliphatic hydroxyl groups excluding tert-OH is 1. The first-order valence-electron chi connectivity index (χ1n) is 5.08. The van der Waals surface area contributed by atoms with Crippen molar-refractivity contribution in [3.63, 3.8) is 0 Å². The summed E-state index contributed by atoms with van der Waals surface area (Å²) in [4.78, 5) is 0. The summed E-state index contributed by atoms with van der Waals surface area (Å²) < 4.78 is 0. The van der Waals surface area contributed by atoms with E-state index in [0.717, 1.165) is 6.42 Å². The molecule has 1 nitrogen and oxygen atoms in total. The molecule has 12 heavy (non-hydrogen) atoms. The van der Waals surface area contributed by atoms with Crippen molar-refractivity contribution in [2.45, 2.75) is 53.1 Å². The Balaban J connectivity index is 2.20. The molecular weight excluding hydrogens is 148 g/mol. The van der Waals surface area contributed by atoms with E-state index in [9.17, 15) is 5.11 Å². The second-order valence-corrected chi connectivity index (χ2v) is 5.61. The molecular formula is C11H20O. The first kappa shape index (κ1) is 8.55. The van der Waals surface area contributed by atoms with Crippen LogP contribution in [-0.4, -0.2) is 11.2 Å². The maximum absolute atomic E-state index is 9.68. The molecule has 0 amide bonds. The maximum atomic E-state index is 9.68. The summed E-state index contributed by atoms with van der Waals surface area (Å²) in [6.07, 6.45) is 3.60. The van der Waals surface area contributed by atoms with E-state index in [0.29, 0.717) is 10.8 Å².